The van der Waals surface area contributed by atoms with Crippen molar-refractivity contribution in [1.82, 2.24) is 4.98 Å². The summed E-state index contributed by atoms with van der Waals surface area (Å²) < 4.78 is 6.72. The van der Waals surface area contributed by atoms with E-state index in [0.717, 1.165) is 29.1 Å². The van der Waals surface area contributed by atoms with E-state index >= 15 is 0 Å². The second kappa shape index (κ2) is 5.10. The molecule has 3 rings (SSSR count). The molecule has 0 atom stereocenters. The van der Waals surface area contributed by atoms with Crippen molar-refractivity contribution in [1.29, 1.82) is 0 Å². The summed E-state index contributed by atoms with van der Waals surface area (Å²) in [5.41, 5.74) is 7.40. The number of benzene rings is 1. The first-order valence-corrected chi connectivity index (χ1v) is 7.86. The maximum Gasteiger partial charge on any atom is 0.120 e. The van der Waals surface area contributed by atoms with Crippen molar-refractivity contribution in [2.45, 2.75) is 44.6 Å². The number of nitrogens with zero attached hydrogens (tertiary/aromatic N) is 1. The Hall–Kier alpha value is -1.13. The van der Waals surface area contributed by atoms with E-state index < -0.39 is 0 Å². The van der Waals surface area contributed by atoms with Crippen LogP contribution in [-0.4, -0.2) is 11.6 Å². The van der Waals surface area contributed by atoms with Gasteiger partial charge in [-0.1, -0.05) is 19.3 Å². The minimum atomic E-state index is -0.201. The van der Waals surface area contributed by atoms with Gasteiger partial charge in [-0.3, -0.25) is 0 Å². The van der Waals surface area contributed by atoms with Crippen molar-refractivity contribution in [2.75, 3.05) is 6.61 Å². The van der Waals surface area contributed by atoms with Crippen LogP contribution in [0.4, 0.5) is 0 Å². The molecule has 4 heteroatoms. The highest BCUT2D eigenvalue weighted by molar-refractivity contribution is 7.18. The summed E-state index contributed by atoms with van der Waals surface area (Å²) in [4.78, 5) is 4.75. The van der Waals surface area contributed by atoms with E-state index in [1.165, 1.54) is 24.0 Å². The van der Waals surface area contributed by atoms with Crippen LogP contribution in [-0.2, 0) is 5.54 Å². The lowest BCUT2D eigenvalue weighted by Gasteiger charge is -2.31. The van der Waals surface area contributed by atoms with E-state index in [9.17, 15) is 0 Å². The molecule has 2 N–H and O–H groups in total. The van der Waals surface area contributed by atoms with Gasteiger partial charge in [0, 0.05) is 0 Å². The number of fused-ring (bicyclic) bond motifs is 1. The highest BCUT2D eigenvalue weighted by Crippen LogP contribution is 2.39. The molecule has 1 aromatic carbocycles. The summed E-state index contributed by atoms with van der Waals surface area (Å²) in [6.45, 7) is 2.69. The molecular weight excluding hydrogens is 256 g/mol. The SMILES string of the molecule is CCOc1ccc2nc(C3(N)CCCCC3)sc2c1. The standard InChI is InChI=1S/C15H20N2OS/c1-2-18-11-6-7-12-13(10-11)19-14(17-12)15(16)8-4-3-5-9-15/h6-7,10H,2-5,8-9,16H2,1H3. The van der Waals surface area contributed by atoms with Gasteiger partial charge in [-0.05, 0) is 38.0 Å². The van der Waals surface area contributed by atoms with Crippen LogP contribution >= 0.6 is 11.3 Å². The van der Waals surface area contributed by atoms with Gasteiger partial charge >= 0.3 is 0 Å². The molecule has 0 unspecified atom stereocenters. The molecule has 1 heterocycles. The van der Waals surface area contributed by atoms with Gasteiger partial charge in [0.1, 0.15) is 10.8 Å². The van der Waals surface area contributed by atoms with E-state index in [1.807, 2.05) is 19.1 Å². The molecule has 1 aromatic heterocycles. The third-order valence-corrected chi connectivity index (χ3v) is 5.08. The van der Waals surface area contributed by atoms with Gasteiger partial charge in [-0.15, -0.1) is 11.3 Å². The molecule has 3 nitrogen and oxygen atoms in total. The number of rotatable bonds is 3. The van der Waals surface area contributed by atoms with Crippen LogP contribution in [0.15, 0.2) is 18.2 Å². The van der Waals surface area contributed by atoms with Gasteiger partial charge < -0.3 is 10.5 Å². The van der Waals surface area contributed by atoms with E-state index in [1.54, 1.807) is 11.3 Å². The zero-order chi connectivity index (χ0) is 13.3. The van der Waals surface area contributed by atoms with E-state index in [2.05, 4.69) is 6.07 Å². The highest BCUT2D eigenvalue weighted by Gasteiger charge is 2.32. The van der Waals surface area contributed by atoms with E-state index in [-0.39, 0.29) is 5.54 Å². The predicted octanol–water partition coefficient (Wildman–Crippen LogP) is 3.81. The molecule has 19 heavy (non-hydrogen) atoms. The lowest BCUT2D eigenvalue weighted by molar-refractivity contribution is 0.302. The van der Waals surface area contributed by atoms with Crippen LogP contribution in [0.2, 0.25) is 0 Å². The molecule has 1 aliphatic rings. The summed E-state index contributed by atoms with van der Waals surface area (Å²) in [6.07, 6.45) is 5.86. The summed E-state index contributed by atoms with van der Waals surface area (Å²) >= 11 is 1.73. The molecule has 0 amide bonds. The third-order valence-electron chi connectivity index (χ3n) is 3.84. The molecule has 0 radical (unpaired) electrons. The Bertz CT molecular complexity index is 573. The van der Waals surface area contributed by atoms with E-state index in [4.69, 9.17) is 15.5 Å². The maximum absolute atomic E-state index is 6.56. The average Bonchev–Trinajstić information content (AvgIpc) is 2.84. The second-order valence-electron chi connectivity index (χ2n) is 5.30. The summed E-state index contributed by atoms with van der Waals surface area (Å²) in [7, 11) is 0. The van der Waals surface area contributed by atoms with Crippen molar-refractivity contribution in [3.8, 4) is 5.75 Å². The zero-order valence-electron chi connectivity index (χ0n) is 11.3. The average molecular weight is 276 g/mol. The smallest absolute Gasteiger partial charge is 0.120 e. The maximum atomic E-state index is 6.56. The normalized spacial score (nSPS) is 18.6. The number of hydrogen-bond donors (Lipinski definition) is 1. The molecular formula is C15H20N2OS. The Morgan fingerprint density at radius 1 is 1.32 bits per heavy atom. The van der Waals surface area contributed by atoms with Gasteiger partial charge in [0.15, 0.2) is 0 Å². The van der Waals surface area contributed by atoms with Gasteiger partial charge in [-0.25, -0.2) is 4.98 Å². The number of ether oxygens (including phenoxy) is 1. The van der Waals surface area contributed by atoms with Gasteiger partial charge in [0.05, 0.1) is 22.4 Å². The third kappa shape index (κ3) is 2.47. The minimum absolute atomic E-state index is 0.201. The summed E-state index contributed by atoms with van der Waals surface area (Å²) in [5.74, 6) is 0.917. The van der Waals surface area contributed by atoms with Crippen LogP contribution in [0, 0.1) is 0 Å². The van der Waals surface area contributed by atoms with Crippen molar-refractivity contribution < 1.29 is 4.74 Å². The lowest BCUT2D eigenvalue weighted by atomic mass is 9.83. The second-order valence-corrected chi connectivity index (χ2v) is 6.33. The molecule has 0 spiro atoms. The Morgan fingerprint density at radius 2 is 2.11 bits per heavy atom. The molecule has 102 valence electrons. The Morgan fingerprint density at radius 3 is 2.84 bits per heavy atom. The molecule has 0 aliphatic heterocycles. The van der Waals surface area contributed by atoms with Gasteiger partial charge in [0.2, 0.25) is 0 Å². The molecule has 2 aromatic rings. The molecule has 1 fully saturated rings. The number of thiazole rings is 1. The Balaban J connectivity index is 1.96. The first-order chi connectivity index (χ1) is 9.21. The monoisotopic (exact) mass is 276 g/mol. The topological polar surface area (TPSA) is 48.1 Å². The quantitative estimate of drug-likeness (QED) is 0.927. The lowest BCUT2D eigenvalue weighted by Crippen LogP contribution is -2.38. The van der Waals surface area contributed by atoms with E-state index in [0.29, 0.717) is 6.61 Å². The number of nitrogens with two attached hydrogens (primary N) is 1. The Kier molecular flexibility index (Phi) is 3.46. The zero-order valence-corrected chi connectivity index (χ0v) is 12.1. The Labute approximate surface area is 117 Å². The minimum Gasteiger partial charge on any atom is -0.494 e. The van der Waals surface area contributed by atoms with Crippen LogP contribution in [0.5, 0.6) is 5.75 Å². The fraction of sp³-hybridized carbons (Fsp3) is 0.533. The highest BCUT2D eigenvalue weighted by atomic mass is 32.1. The first-order valence-electron chi connectivity index (χ1n) is 7.04. The molecule has 0 saturated heterocycles. The van der Waals surface area contributed by atoms with Crippen molar-refractivity contribution in [3.05, 3.63) is 23.2 Å². The fourth-order valence-corrected chi connectivity index (χ4v) is 3.92. The number of aromatic nitrogens is 1. The predicted molar refractivity (Wildman–Crippen MR) is 79.7 cm³/mol. The van der Waals surface area contributed by atoms with Crippen LogP contribution in [0.3, 0.4) is 0 Å². The first kappa shape index (κ1) is 12.9. The fourth-order valence-electron chi connectivity index (χ4n) is 2.77. The molecule has 1 aliphatic carbocycles. The molecule has 0 bridgehead atoms. The van der Waals surface area contributed by atoms with Crippen LogP contribution < -0.4 is 10.5 Å². The summed E-state index contributed by atoms with van der Waals surface area (Å²) in [5, 5.41) is 1.09. The van der Waals surface area contributed by atoms with Crippen molar-refractivity contribution in [3.63, 3.8) is 0 Å². The van der Waals surface area contributed by atoms with Crippen molar-refractivity contribution >= 4 is 21.6 Å². The van der Waals surface area contributed by atoms with Crippen LogP contribution in [0.25, 0.3) is 10.2 Å². The van der Waals surface area contributed by atoms with Gasteiger partial charge in [0.25, 0.3) is 0 Å². The largest absolute Gasteiger partial charge is 0.494 e. The number of hydrogen-bond acceptors (Lipinski definition) is 4. The van der Waals surface area contributed by atoms with Crippen LogP contribution in [0.1, 0.15) is 44.0 Å². The summed E-state index contributed by atoms with van der Waals surface area (Å²) in [6, 6.07) is 6.10. The molecule has 1 saturated carbocycles. The van der Waals surface area contributed by atoms with Gasteiger partial charge in [-0.2, -0.15) is 0 Å². The van der Waals surface area contributed by atoms with Crippen molar-refractivity contribution in [2.24, 2.45) is 5.73 Å².